The van der Waals surface area contributed by atoms with E-state index in [1.165, 1.54) is 13.8 Å². The molecule has 0 bridgehead atoms. The quantitative estimate of drug-likeness (QED) is 0.0527. The zero-order chi connectivity index (χ0) is 37.1. The Kier molecular flexibility index (Phi) is 18.6. The molecule has 6 amide bonds. The molecule has 1 rings (SSSR count). The summed E-state index contributed by atoms with van der Waals surface area (Å²) >= 11 is 0. The van der Waals surface area contributed by atoms with Gasteiger partial charge in [-0.2, -0.15) is 0 Å². The number of unbranched alkanes of at least 4 members (excludes halogenated alkanes) is 1. The first-order chi connectivity index (χ1) is 23.0. The number of hydrogen-bond acceptors (Lipinski definition) is 10. The predicted octanol–water partition coefficient (Wildman–Crippen LogP) is -2.64. The highest BCUT2D eigenvalue weighted by atomic mass is 16.4. The fraction of sp³-hybridized carbons (Fsp3) is 0.548. The molecule has 49 heavy (non-hydrogen) atoms. The van der Waals surface area contributed by atoms with E-state index in [0.29, 0.717) is 18.4 Å². The third kappa shape index (κ3) is 16.5. The number of amides is 6. The van der Waals surface area contributed by atoms with Crippen LogP contribution < -0.4 is 43.8 Å². The van der Waals surface area contributed by atoms with Crippen LogP contribution in [0.25, 0.3) is 0 Å². The molecule has 1 aromatic rings. The van der Waals surface area contributed by atoms with E-state index in [4.69, 9.17) is 17.2 Å². The van der Waals surface area contributed by atoms with Gasteiger partial charge in [0.25, 0.3) is 0 Å². The zero-order valence-corrected chi connectivity index (χ0v) is 27.6. The van der Waals surface area contributed by atoms with Crippen LogP contribution in [0.4, 0.5) is 0 Å². The van der Waals surface area contributed by atoms with Crippen molar-refractivity contribution in [3.8, 4) is 0 Å². The van der Waals surface area contributed by atoms with Crippen molar-refractivity contribution in [2.24, 2.45) is 17.2 Å². The Hall–Kier alpha value is -5.10. The van der Waals surface area contributed by atoms with Crippen LogP contribution in [0.5, 0.6) is 0 Å². The SMILES string of the molecule is C[C@H](NC(=O)[C@H](C)NC(=O)[C@@H](N)CCC(N)=O)C(=O)N[C@@H](CCCCN)C(=O)N[C@@H](CCC(=O)O)C(=O)N[C@@H](Cc1ccccc1)C(=O)O. The molecule has 6 atom stereocenters. The van der Waals surface area contributed by atoms with E-state index in [9.17, 15) is 48.6 Å². The predicted molar refractivity (Wildman–Crippen MR) is 175 cm³/mol. The number of hydrogen-bond donors (Lipinski definition) is 10. The van der Waals surface area contributed by atoms with Gasteiger partial charge in [-0.05, 0) is 58.1 Å². The summed E-state index contributed by atoms with van der Waals surface area (Å²) in [7, 11) is 0. The van der Waals surface area contributed by atoms with Gasteiger partial charge in [0.05, 0.1) is 6.04 Å². The lowest BCUT2D eigenvalue weighted by atomic mass is 10.0. The van der Waals surface area contributed by atoms with Gasteiger partial charge in [0, 0.05) is 19.3 Å². The van der Waals surface area contributed by atoms with Gasteiger partial charge in [-0.15, -0.1) is 0 Å². The van der Waals surface area contributed by atoms with Gasteiger partial charge >= 0.3 is 11.9 Å². The minimum Gasteiger partial charge on any atom is -0.481 e. The summed E-state index contributed by atoms with van der Waals surface area (Å²) in [5.74, 6) is -7.30. The van der Waals surface area contributed by atoms with Gasteiger partial charge in [-0.1, -0.05) is 30.3 Å². The van der Waals surface area contributed by atoms with Crippen LogP contribution in [0, 0.1) is 0 Å². The standard InChI is InChI=1S/C31H48N8O10/c1-17(36-28(45)20(33)11-13-24(34)40)26(43)35-18(2)27(44)37-21(10-6-7-15-32)29(46)38-22(12-14-25(41)42)30(47)39-23(31(48)49)16-19-8-4-3-5-9-19/h3-5,8-9,17-18,20-23H,6-7,10-16,32-33H2,1-2H3,(H2,34,40)(H,35,43)(H,36,45)(H,37,44)(H,38,46)(H,39,47)(H,41,42)(H,48,49)/t17-,18-,20-,21-,22-,23-/m0/s1. The Bertz CT molecular complexity index is 1310. The van der Waals surface area contributed by atoms with E-state index in [1.54, 1.807) is 30.3 Å². The minimum absolute atomic E-state index is 0.0332. The molecule has 0 aromatic heterocycles. The number of carboxylic acid groups (broad SMARTS) is 2. The second-order valence-corrected chi connectivity index (χ2v) is 11.5. The molecule has 0 aliphatic carbocycles. The molecule has 13 N–H and O–H groups in total. The van der Waals surface area contributed by atoms with Gasteiger partial charge in [-0.25, -0.2) is 4.79 Å². The van der Waals surface area contributed by atoms with E-state index in [1.807, 2.05) is 0 Å². The smallest absolute Gasteiger partial charge is 0.326 e. The first-order valence-electron chi connectivity index (χ1n) is 15.8. The molecule has 272 valence electrons. The third-order valence-corrected chi connectivity index (χ3v) is 7.30. The number of nitrogens with one attached hydrogen (secondary N) is 5. The second kappa shape index (κ2) is 21.7. The normalized spacial score (nSPS) is 14.4. The van der Waals surface area contributed by atoms with Crippen LogP contribution >= 0.6 is 0 Å². The first-order valence-corrected chi connectivity index (χ1v) is 15.8. The summed E-state index contributed by atoms with van der Waals surface area (Å²) in [5, 5.41) is 31.0. The van der Waals surface area contributed by atoms with E-state index < -0.39 is 90.1 Å². The molecule has 18 nitrogen and oxygen atoms in total. The maximum atomic E-state index is 13.4. The van der Waals surface area contributed by atoms with Crippen LogP contribution in [-0.4, -0.2) is 100 Å². The lowest BCUT2D eigenvalue weighted by Gasteiger charge is -2.26. The van der Waals surface area contributed by atoms with Crippen molar-refractivity contribution in [3.63, 3.8) is 0 Å². The van der Waals surface area contributed by atoms with Crippen molar-refractivity contribution >= 4 is 47.4 Å². The van der Waals surface area contributed by atoms with Crippen molar-refractivity contribution in [1.29, 1.82) is 0 Å². The highest BCUT2D eigenvalue weighted by molar-refractivity contribution is 5.96. The molecule has 0 aliphatic heterocycles. The third-order valence-electron chi connectivity index (χ3n) is 7.30. The Morgan fingerprint density at radius 2 is 1.16 bits per heavy atom. The topological polar surface area (TPSA) is 315 Å². The largest absolute Gasteiger partial charge is 0.481 e. The van der Waals surface area contributed by atoms with Crippen LogP contribution in [0.15, 0.2) is 30.3 Å². The molecule has 0 saturated carbocycles. The number of benzene rings is 1. The van der Waals surface area contributed by atoms with Crippen molar-refractivity contribution in [1.82, 2.24) is 26.6 Å². The Labute approximate surface area is 283 Å². The van der Waals surface area contributed by atoms with E-state index in [0.717, 1.165) is 0 Å². The summed E-state index contributed by atoms with van der Waals surface area (Å²) in [4.78, 5) is 98.7. The molecule has 0 unspecified atom stereocenters. The van der Waals surface area contributed by atoms with E-state index in [-0.39, 0.29) is 38.6 Å². The van der Waals surface area contributed by atoms with E-state index in [2.05, 4.69) is 26.6 Å². The first kappa shape index (κ1) is 41.9. The lowest BCUT2D eigenvalue weighted by Crippen LogP contribution is -2.58. The fourth-order valence-corrected chi connectivity index (χ4v) is 4.41. The second-order valence-electron chi connectivity index (χ2n) is 11.5. The average Bonchev–Trinajstić information content (AvgIpc) is 3.04. The number of aliphatic carboxylic acids is 2. The molecule has 0 heterocycles. The lowest BCUT2D eigenvalue weighted by molar-refractivity contribution is -0.143. The number of primary amides is 1. The van der Waals surface area contributed by atoms with Crippen molar-refractivity contribution in [2.45, 2.75) is 101 Å². The van der Waals surface area contributed by atoms with Gasteiger partial charge < -0.3 is 54.0 Å². The molecular weight excluding hydrogens is 644 g/mol. The highest BCUT2D eigenvalue weighted by Crippen LogP contribution is 2.08. The molecule has 0 spiro atoms. The highest BCUT2D eigenvalue weighted by Gasteiger charge is 2.31. The molecule has 0 saturated heterocycles. The molecule has 0 aliphatic rings. The average molecular weight is 693 g/mol. The number of nitrogens with two attached hydrogens (primary N) is 3. The number of rotatable bonds is 23. The zero-order valence-electron chi connectivity index (χ0n) is 27.6. The monoisotopic (exact) mass is 692 g/mol. The number of carbonyl (C=O) groups excluding carboxylic acids is 6. The summed E-state index contributed by atoms with van der Waals surface area (Å²) in [6.07, 6.45) is -0.240. The maximum Gasteiger partial charge on any atom is 0.326 e. The van der Waals surface area contributed by atoms with Gasteiger partial charge in [0.15, 0.2) is 0 Å². The number of carbonyl (C=O) groups is 8. The van der Waals surface area contributed by atoms with Crippen LogP contribution in [0.3, 0.4) is 0 Å². The summed E-state index contributed by atoms with van der Waals surface area (Å²) in [5.41, 5.74) is 17.0. The minimum atomic E-state index is -1.47. The van der Waals surface area contributed by atoms with Crippen molar-refractivity contribution < 1.29 is 48.6 Å². The van der Waals surface area contributed by atoms with E-state index >= 15 is 0 Å². The Balaban J connectivity index is 2.99. The van der Waals surface area contributed by atoms with Crippen LogP contribution in [0.2, 0.25) is 0 Å². The van der Waals surface area contributed by atoms with Gasteiger partial charge in [0.2, 0.25) is 35.4 Å². The van der Waals surface area contributed by atoms with Crippen molar-refractivity contribution in [2.75, 3.05) is 6.54 Å². The van der Waals surface area contributed by atoms with Crippen LogP contribution in [0.1, 0.15) is 64.4 Å². The summed E-state index contributed by atoms with van der Waals surface area (Å²) in [6, 6.07) is 0.933. The molecule has 1 aromatic carbocycles. The molecule has 0 fully saturated rings. The van der Waals surface area contributed by atoms with Gasteiger partial charge in [-0.3, -0.25) is 33.6 Å². The summed E-state index contributed by atoms with van der Waals surface area (Å²) in [6.45, 7) is 2.96. The maximum absolute atomic E-state index is 13.4. The molecule has 18 heteroatoms. The van der Waals surface area contributed by atoms with Crippen molar-refractivity contribution in [3.05, 3.63) is 35.9 Å². The Morgan fingerprint density at radius 3 is 1.69 bits per heavy atom. The Morgan fingerprint density at radius 1 is 0.653 bits per heavy atom. The molecular formula is C31H48N8O10. The number of carboxylic acids is 2. The van der Waals surface area contributed by atoms with Gasteiger partial charge in [0.1, 0.15) is 30.2 Å². The van der Waals surface area contributed by atoms with Crippen LogP contribution in [-0.2, 0) is 44.8 Å². The fourth-order valence-electron chi connectivity index (χ4n) is 4.41. The molecule has 0 radical (unpaired) electrons. The summed E-state index contributed by atoms with van der Waals surface area (Å²) < 4.78 is 0.